The van der Waals surface area contributed by atoms with Crippen molar-refractivity contribution in [3.05, 3.63) is 71.9 Å². The Kier molecular flexibility index (Phi) is 6.00. The molecule has 0 saturated heterocycles. The number of aromatic nitrogens is 2. The third-order valence-electron chi connectivity index (χ3n) is 3.64. The second kappa shape index (κ2) is 8.41. The van der Waals surface area contributed by atoms with Crippen LogP contribution in [-0.2, 0) is 33.7 Å². The highest BCUT2D eigenvalue weighted by Crippen LogP contribution is 2.23. The van der Waals surface area contributed by atoms with Gasteiger partial charge in [0.15, 0.2) is 28.0 Å². The van der Waals surface area contributed by atoms with Crippen molar-refractivity contribution in [2.45, 2.75) is 11.5 Å². The van der Waals surface area contributed by atoms with Crippen molar-refractivity contribution >= 4 is 22.2 Å². The van der Waals surface area contributed by atoms with Gasteiger partial charge in [-0.05, 0) is 29.3 Å². The number of hydrogen-bond acceptors (Lipinski definition) is 4. The molecule has 0 aliphatic rings. The Hall–Kier alpha value is -2.26. The normalized spacial score (nSPS) is 13.3. The molecular formula is C18H16N2O4S2. The first-order chi connectivity index (χ1) is 12.5. The van der Waals surface area contributed by atoms with Gasteiger partial charge in [-0.1, -0.05) is 36.4 Å². The fourth-order valence-corrected chi connectivity index (χ4v) is 3.49. The minimum absolute atomic E-state index is 0.0495. The van der Waals surface area contributed by atoms with E-state index in [4.69, 9.17) is 9.11 Å². The van der Waals surface area contributed by atoms with E-state index in [0.717, 1.165) is 22.3 Å². The summed E-state index contributed by atoms with van der Waals surface area (Å²) in [6.45, 7) is 0. The van der Waals surface area contributed by atoms with E-state index in [1.807, 2.05) is 24.3 Å². The molecule has 1 aromatic heterocycles. The van der Waals surface area contributed by atoms with Gasteiger partial charge < -0.3 is 9.11 Å². The zero-order valence-corrected chi connectivity index (χ0v) is 15.2. The molecule has 0 spiro atoms. The highest BCUT2D eigenvalue weighted by atomic mass is 32.2. The number of benzene rings is 2. The molecular weight excluding hydrogens is 372 g/mol. The maximum absolute atomic E-state index is 11.0. The first-order valence-electron chi connectivity index (χ1n) is 7.68. The molecule has 0 fully saturated rings. The average Bonchev–Trinajstić information content (AvgIpc) is 2.61. The molecule has 0 bridgehead atoms. The van der Waals surface area contributed by atoms with Gasteiger partial charge in [0.05, 0.1) is 17.2 Å². The molecule has 1 heterocycles. The van der Waals surface area contributed by atoms with Crippen molar-refractivity contribution in [3.63, 3.8) is 0 Å². The second-order valence-corrected chi connectivity index (χ2v) is 7.46. The molecule has 8 heteroatoms. The van der Waals surface area contributed by atoms with Gasteiger partial charge in [-0.2, -0.15) is 0 Å². The zero-order valence-electron chi connectivity index (χ0n) is 13.6. The van der Waals surface area contributed by atoms with Crippen LogP contribution in [0.3, 0.4) is 0 Å². The number of rotatable bonds is 6. The van der Waals surface area contributed by atoms with Crippen molar-refractivity contribution in [1.29, 1.82) is 0 Å². The van der Waals surface area contributed by atoms with Gasteiger partial charge in [-0.15, -0.1) is 0 Å². The summed E-state index contributed by atoms with van der Waals surface area (Å²) in [6.07, 6.45) is 1.64. The van der Waals surface area contributed by atoms with Gasteiger partial charge in [0.2, 0.25) is 0 Å². The van der Waals surface area contributed by atoms with Crippen LogP contribution in [0.25, 0.3) is 22.6 Å². The van der Waals surface area contributed by atoms with Gasteiger partial charge in [0.1, 0.15) is 0 Å². The van der Waals surface area contributed by atoms with Gasteiger partial charge in [-0.25, -0.2) is 18.4 Å². The molecule has 2 unspecified atom stereocenters. The Bertz CT molecular complexity index is 904. The fourth-order valence-electron chi connectivity index (χ4n) is 2.56. The van der Waals surface area contributed by atoms with Crippen molar-refractivity contribution < 1.29 is 17.5 Å². The highest BCUT2D eigenvalue weighted by Gasteiger charge is 2.08. The van der Waals surface area contributed by atoms with E-state index in [0.29, 0.717) is 11.5 Å². The van der Waals surface area contributed by atoms with Crippen LogP contribution in [0.4, 0.5) is 0 Å². The van der Waals surface area contributed by atoms with Gasteiger partial charge >= 0.3 is 0 Å². The second-order valence-electron chi connectivity index (χ2n) is 5.60. The third kappa shape index (κ3) is 4.89. The lowest BCUT2D eigenvalue weighted by atomic mass is 10.1. The summed E-state index contributed by atoms with van der Waals surface area (Å²) >= 11 is -3.81. The summed E-state index contributed by atoms with van der Waals surface area (Å²) in [5.74, 6) is 0.615. The van der Waals surface area contributed by atoms with E-state index in [1.165, 1.54) is 0 Å². The van der Waals surface area contributed by atoms with Crippen molar-refractivity contribution in [3.8, 4) is 22.6 Å². The van der Waals surface area contributed by atoms with Crippen LogP contribution in [0.15, 0.2) is 60.8 Å². The fraction of sp³-hybridized carbons (Fsp3) is 0.111. The van der Waals surface area contributed by atoms with E-state index in [1.54, 1.807) is 36.5 Å². The summed E-state index contributed by atoms with van der Waals surface area (Å²) in [5.41, 5.74) is 3.74. The zero-order chi connectivity index (χ0) is 18.5. The van der Waals surface area contributed by atoms with Crippen LogP contribution in [0.1, 0.15) is 11.1 Å². The molecule has 0 saturated carbocycles. The van der Waals surface area contributed by atoms with E-state index in [9.17, 15) is 8.42 Å². The summed E-state index contributed by atoms with van der Waals surface area (Å²) in [5, 5.41) is 0. The summed E-state index contributed by atoms with van der Waals surface area (Å²) in [6, 6.07) is 16.3. The Morgan fingerprint density at radius 1 is 0.808 bits per heavy atom. The predicted molar refractivity (Wildman–Crippen MR) is 102 cm³/mol. The predicted octanol–water partition coefficient (Wildman–Crippen LogP) is 3.25. The van der Waals surface area contributed by atoms with Crippen LogP contribution in [0.5, 0.6) is 0 Å². The first-order valence-corrected chi connectivity index (χ1v) is 10.2. The van der Waals surface area contributed by atoms with E-state index < -0.39 is 22.2 Å². The molecule has 0 aliphatic heterocycles. The molecule has 6 nitrogen and oxygen atoms in total. The minimum Gasteiger partial charge on any atom is -0.306 e. The first kappa shape index (κ1) is 18.5. The lowest BCUT2D eigenvalue weighted by Crippen LogP contribution is -1.96. The SMILES string of the molecule is O=S(O)Cc1cccc(-c2ccnc(-c3cccc(CS(=O)O)c3)n2)c1. The summed E-state index contributed by atoms with van der Waals surface area (Å²) < 4.78 is 40.1. The maximum atomic E-state index is 11.0. The quantitative estimate of drug-likeness (QED) is 0.629. The number of nitrogens with zero attached hydrogens (tertiary/aromatic N) is 2. The molecule has 3 aromatic rings. The largest absolute Gasteiger partial charge is 0.306 e. The van der Waals surface area contributed by atoms with E-state index >= 15 is 0 Å². The minimum atomic E-state index is -1.91. The summed E-state index contributed by atoms with van der Waals surface area (Å²) in [4.78, 5) is 8.85. The molecule has 0 radical (unpaired) electrons. The monoisotopic (exact) mass is 388 g/mol. The smallest absolute Gasteiger partial charge is 0.159 e. The molecule has 0 amide bonds. The maximum Gasteiger partial charge on any atom is 0.159 e. The molecule has 2 atom stereocenters. The van der Waals surface area contributed by atoms with Crippen molar-refractivity contribution in [1.82, 2.24) is 9.97 Å². The Morgan fingerprint density at radius 3 is 2.00 bits per heavy atom. The van der Waals surface area contributed by atoms with Crippen LogP contribution in [-0.4, -0.2) is 27.5 Å². The van der Waals surface area contributed by atoms with Crippen LogP contribution in [0, 0.1) is 0 Å². The van der Waals surface area contributed by atoms with E-state index in [2.05, 4.69) is 9.97 Å². The summed E-state index contributed by atoms with van der Waals surface area (Å²) in [7, 11) is 0. The molecule has 134 valence electrons. The standard InChI is InChI=1S/C18H16N2O4S2/c21-25(22)11-13-3-1-5-15(9-13)17-7-8-19-18(20-17)16-6-2-4-14(10-16)12-26(23)24/h1-10H,11-12H2,(H,21,22)(H,23,24). The lowest BCUT2D eigenvalue weighted by Gasteiger charge is -2.07. The van der Waals surface area contributed by atoms with Crippen LogP contribution < -0.4 is 0 Å². The van der Waals surface area contributed by atoms with Gasteiger partial charge in [-0.3, -0.25) is 0 Å². The van der Waals surface area contributed by atoms with Gasteiger partial charge in [0.25, 0.3) is 0 Å². The molecule has 2 N–H and O–H groups in total. The molecule has 3 rings (SSSR count). The highest BCUT2D eigenvalue weighted by molar-refractivity contribution is 7.78. The topological polar surface area (TPSA) is 100 Å². The third-order valence-corrected chi connectivity index (χ3v) is 4.80. The molecule has 0 aliphatic carbocycles. The van der Waals surface area contributed by atoms with Crippen LogP contribution in [0.2, 0.25) is 0 Å². The van der Waals surface area contributed by atoms with E-state index in [-0.39, 0.29) is 11.5 Å². The van der Waals surface area contributed by atoms with Gasteiger partial charge in [0, 0.05) is 17.3 Å². The lowest BCUT2D eigenvalue weighted by molar-refractivity contribution is 0.562. The molecule has 2 aromatic carbocycles. The van der Waals surface area contributed by atoms with Crippen molar-refractivity contribution in [2.24, 2.45) is 0 Å². The number of hydrogen-bond donors (Lipinski definition) is 2. The van der Waals surface area contributed by atoms with Crippen LogP contribution >= 0.6 is 0 Å². The average molecular weight is 388 g/mol. The Labute approximate surface area is 155 Å². The van der Waals surface area contributed by atoms with Crippen molar-refractivity contribution in [2.75, 3.05) is 0 Å². The Morgan fingerprint density at radius 2 is 1.38 bits per heavy atom. The molecule has 26 heavy (non-hydrogen) atoms. The Balaban J connectivity index is 1.94.